The van der Waals surface area contributed by atoms with Crippen molar-refractivity contribution in [3.05, 3.63) is 47.5 Å². The molecule has 0 bridgehead atoms. The monoisotopic (exact) mass is 532 g/mol. The van der Waals surface area contributed by atoms with Crippen LogP contribution in [0.2, 0.25) is 0 Å². The Hall–Kier alpha value is -3.11. The van der Waals surface area contributed by atoms with Crippen LogP contribution in [0.15, 0.2) is 47.1 Å². The zero-order valence-corrected chi connectivity index (χ0v) is 23.0. The van der Waals surface area contributed by atoms with Crippen LogP contribution in [0, 0.1) is 40.9 Å². The first-order valence-electron chi connectivity index (χ1n) is 14.3. The second-order valence-electron chi connectivity index (χ2n) is 12.5. The highest BCUT2D eigenvalue weighted by Crippen LogP contribution is 2.67. The number of carboxylic acid groups (broad SMARTS) is 1. The number of hydrogen-bond donors (Lipinski definition) is 3. The van der Waals surface area contributed by atoms with Crippen LogP contribution in [0.3, 0.4) is 0 Å². The molecular weight excluding hydrogens is 492 g/mol. The van der Waals surface area contributed by atoms with E-state index in [-0.39, 0.29) is 23.9 Å². The summed E-state index contributed by atoms with van der Waals surface area (Å²) in [5.74, 6) is 2.77. The van der Waals surface area contributed by atoms with Crippen LogP contribution in [0.4, 0.5) is 0 Å². The number of nitrogens with one attached hydrogen (secondary N) is 1. The maximum atomic E-state index is 12.4. The zero-order chi connectivity index (χ0) is 27.8. The van der Waals surface area contributed by atoms with Crippen LogP contribution in [-0.2, 0) is 20.8 Å². The molecule has 5 rings (SSSR count). The van der Waals surface area contributed by atoms with E-state index in [4.69, 9.17) is 11.3 Å². The van der Waals surface area contributed by atoms with Crippen molar-refractivity contribution in [2.75, 3.05) is 6.61 Å². The van der Waals surface area contributed by atoms with Gasteiger partial charge in [-0.25, -0.2) is 4.79 Å². The Morgan fingerprint density at radius 2 is 1.87 bits per heavy atom. The lowest BCUT2D eigenvalue weighted by Crippen LogP contribution is -2.54. The maximum Gasteiger partial charge on any atom is 0.326 e. The molecule has 4 aliphatic rings. The number of carbonyl (C=O) groups is 2. The lowest BCUT2D eigenvalue weighted by atomic mass is 9.46. The molecule has 0 aromatic heterocycles. The molecule has 0 heterocycles. The molecule has 0 radical (unpaired) electrons. The molecule has 3 N–H and O–H groups in total. The number of terminal acetylenes is 1. The summed E-state index contributed by atoms with van der Waals surface area (Å²) >= 11 is 0. The van der Waals surface area contributed by atoms with Gasteiger partial charge in [0.2, 0.25) is 0 Å². The molecule has 4 aliphatic carbocycles. The van der Waals surface area contributed by atoms with Crippen molar-refractivity contribution in [3.63, 3.8) is 0 Å². The molecule has 0 aliphatic heterocycles. The average molecular weight is 533 g/mol. The molecular formula is C32H40N2O5. The van der Waals surface area contributed by atoms with Crippen molar-refractivity contribution >= 4 is 17.6 Å². The van der Waals surface area contributed by atoms with Gasteiger partial charge < -0.3 is 20.4 Å². The molecule has 208 valence electrons. The van der Waals surface area contributed by atoms with Gasteiger partial charge in [0.25, 0.3) is 5.91 Å². The summed E-state index contributed by atoms with van der Waals surface area (Å²) in [7, 11) is 0. The Balaban J connectivity index is 1.20. The Morgan fingerprint density at radius 3 is 2.59 bits per heavy atom. The number of carboxylic acids is 1. The van der Waals surface area contributed by atoms with Crippen LogP contribution in [0.25, 0.3) is 0 Å². The van der Waals surface area contributed by atoms with Crippen molar-refractivity contribution in [2.45, 2.75) is 83.3 Å². The van der Waals surface area contributed by atoms with E-state index in [9.17, 15) is 19.8 Å². The molecule has 3 saturated carbocycles. The number of rotatable bonds is 7. The number of fused-ring (bicyclic) bond motifs is 5. The summed E-state index contributed by atoms with van der Waals surface area (Å²) < 4.78 is 0. The molecule has 1 aromatic carbocycles. The Morgan fingerprint density at radius 1 is 1.13 bits per heavy atom. The van der Waals surface area contributed by atoms with Gasteiger partial charge in [0, 0.05) is 11.8 Å². The fourth-order valence-electron chi connectivity index (χ4n) is 8.36. The average Bonchev–Trinajstić information content (AvgIpc) is 3.20. The van der Waals surface area contributed by atoms with E-state index in [1.54, 1.807) is 0 Å². The molecule has 7 atom stereocenters. The number of amides is 1. The summed E-state index contributed by atoms with van der Waals surface area (Å²) in [5, 5.41) is 27.5. The number of nitrogens with zero attached hydrogens (tertiary/aromatic N) is 1. The number of hydrogen-bond acceptors (Lipinski definition) is 5. The Labute approximate surface area is 231 Å². The first-order valence-corrected chi connectivity index (χ1v) is 14.3. The van der Waals surface area contributed by atoms with Gasteiger partial charge in [-0.3, -0.25) is 4.79 Å². The van der Waals surface area contributed by atoms with Crippen molar-refractivity contribution in [2.24, 2.45) is 33.7 Å². The lowest BCUT2D eigenvalue weighted by Gasteiger charge is -2.58. The number of aliphatic carboxylic acids is 1. The van der Waals surface area contributed by atoms with E-state index in [2.05, 4.69) is 36.3 Å². The number of carbonyl (C=O) groups excluding carboxylic acids is 1. The van der Waals surface area contributed by atoms with Gasteiger partial charge in [0.05, 0.1) is 5.71 Å². The summed E-state index contributed by atoms with van der Waals surface area (Å²) in [5.41, 5.74) is 1.99. The van der Waals surface area contributed by atoms with Gasteiger partial charge >= 0.3 is 5.97 Å². The SMILES string of the molecule is C#C[C@@]1(O)CC[C@@H]2[C@@H]3CCC4=CC(=NOCC(=O)N[C@H](Cc5ccccc5)C(=O)O)CC[C@]4(C)[C@H]3CC[C@]21C. The number of aliphatic hydroxyl groups is 1. The van der Waals surface area contributed by atoms with Crippen LogP contribution in [-0.4, -0.2) is 46.1 Å². The molecule has 0 unspecified atom stereocenters. The minimum Gasteiger partial charge on any atom is -0.480 e. The predicted octanol–water partition coefficient (Wildman–Crippen LogP) is 4.50. The third kappa shape index (κ3) is 4.89. The third-order valence-corrected chi connectivity index (χ3v) is 10.7. The number of oxime groups is 1. The molecule has 0 spiro atoms. The van der Waals surface area contributed by atoms with Gasteiger partial charge in [0.15, 0.2) is 6.61 Å². The highest BCUT2D eigenvalue weighted by Gasteiger charge is 2.63. The van der Waals surface area contributed by atoms with Crippen molar-refractivity contribution in [3.8, 4) is 12.3 Å². The standard InChI is InChI=1S/C32H40N2O5/c1-4-32(38)17-14-26-24-11-10-22-19-23(12-15-30(22,2)25(24)13-16-31(26,32)3)34-39-20-28(35)33-27(29(36)37)18-21-8-6-5-7-9-21/h1,5-9,19,24-27,38H,10-18,20H2,2-3H3,(H,33,35)(H,36,37)/t24-,25+,26-,27-,30+,31-,32-/m1/s1. The van der Waals surface area contributed by atoms with E-state index >= 15 is 0 Å². The summed E-state index contributed by atoms with van der Waals surface area (Å²) in [4.78, 5) is 29.4. The second kappa shape index (κ2) is 10.5. The topological polar surface area (TPSA) is 108 Å². The van der Waals surface area contributed by atoms with E-state index in [1.165, 1.54) is 5.57 Å². The van der Waals surface area contributed by atoms with E-state index < -0.39 is 23.5 Å². The summed E-state index contributed by atoms with van der Waals surface area (Å²) in [6.45, 7) is 4.28. The quantitative estimate of drug-likeness (QED) is 0.354. The Bertz CT molecular complexity index is 1220. The normalized spacial score (nSPS) is 36.9. The Kier molecular flexibility index (Phi) is 7.37. The largest absolute Gasteiger partial charge is 0.480 e. The first kappa shape index (κ1) is 27.5. The van der Waals surface area contributed by atoms with Gasteiger partial charge in [-0.15, -0.1) is 6.42 Å². The number of allylic oxidation sites excluding steroid dienone is 2. The molecule has 7 heteroatoms. The van der Waals surface area contributed by atoms with Crippen molar-refractivity contribution in [1.82, 2.24) is 5.32 Å². The third-order valence-electron chi connectivity index (χ3n) is 10.7. The van der Waals surface area contributed by atoms with E-state index in [0.29, 0.717) is 24.2 Å². The van der Waals surface area contributed by atoms with Crippen LogP contribution in [0.5, 0.6) is 0 Å². The maximum absolute atomic E-state index is 12.4. The highest BCUT2D eigenvalue weighted by molar-refractivity contribution is 5.96. The second-order valence-corrected chi connectivity index (χ2v) is 12.5. The van der Waals surface area contributed by atoms with E-state index in [1.807, 2.05) is 30.3 Å². The molecule has 1 aromatic rings. The van der Waals surface area contributed by atoms with Crippen LogP contribution < -0.4 is 5.32 Å². The van der Waals surface area contributed by atoms with Gasteiger partial charge in [-0.05, 0) is 86.2 Å². The van der Waals surface area contributed by atoms with Gasteiger partial charge in [0.1, 0.15) is 11.6 Å². The van der Waals surface area contributed by atoms with Crippen LogP contribution in [0.1, 0.15) is 70.8 Å². The lowest BCUT2D eigenvalue weighted by molar-refractivity contribution is -0.142. The van der Waals surface area contributed by atoms with Crippen molar-refractivity contribution in [1.29, 1.82) is 0 Å². The minimum atomic E-state index is -1.09. The van der Waals surface area contributed by atoms with Gasteiger partial charge in [-0.1, -0.05) is 60.8 Å². The number of benzene rings is 1. The zero-order valence-electron chi connectivity index (χ0n) is 23.0. The first-order chi connectivity index (χ1) is 18.6. The molecule has 0 saturated heterocycles. The minimum absolute atomic E-state index is 0.101. The fraction of sp³-hybridized carbons (Fsp3) is 0.594. The molecule has 39 heavy (non-hydrogen) atoms. The highest BCUT2D eigenvalue weighted by atomic mass is 16.6. The van der Waals surface area contributed by atoms with Gasteiger partial charge in [-0.2, -0.15) is 0 Å². The van der Waals surface area contributed by atoms with E-state index in [0.717, 1.165) is 56.2 Å². The summed E-state index contributed by atoms with van der Waals surface area (Å²) in [6.07, 6.45) is 15.8. The predicted molar refractivity (Wildman–Crippen MR) is 149 cm³/mol. The smallest absolute Gasteiger partial charge is 0.326 e. The summed E-state index contributed by atoms with van der Waals surface area (Å²) in [6, 6.07) is 8.17. The van der Waals surface area contributed by atoms with Crippen molar-refractivity contribution < 1.29 is 24.6 Å². The molecule has 3 fully saturated rings. The molecule has 7 nitrogen and oxygen atoms in total. The molecule has 1 amide bonds. The van der Waals surface area contributed by atoms with Crippen LogP contribution >= 0.6 is 0 Å². The fourth-order valence-corrected chi connectivity index (χ4v) is 8.36.